The molecule has 0 amide bonds. The third-order valence-corrected chi connectivity index (χ3v) is 3.89. The van der Waals surface area contributed by atoms with Gasteiger partial charge < -0.3 is 9.64 Å². The van der Waals surface area contributed by atoms with Crippen molar-refractivity contribution in [3.05, 3.63) is 35.5 Å². The molecular formula is C15H17NO2. The molecule has 0 N–H and O–H groups in total. The number of fused-ring (bicyclic) bond motifs is 3. The van der Waals surface area contributed by atoms with E-state index in [2.05, 4.69) is 4.90 Å². The van der Waals surface area contributed by atoms with Crippen LogP contribution in [0.2, 0.25) is 0 Å². The minimum absolute atomic E-state index is 0.246. The van der Waals surface area contributed by atoms with E-state index < -0.39 is 0 Å². The second-order valence-electron chi connectivity index (χ2n) is 4.90. The van der Waals surface area contributed by atoms with Crippen molar-refractivity contribution in [1.29, 1.82) is 0 Å². The van der Waals surface area contributed by atoms with E-state index in [1.54, 1.807) is 7.11 Å². The van der Waals surface area contributed by atoms with E-state index in [9.17, 15) is 4.79 Å². The molecule has 0 spiro atoms. The monoisotopic (exact) mass is 243 g/mol. The zero-order valence-corrected chi connectivity index (χ0v) is 10.6. The van der Waals surface area contributed by atoms with E-state index >= 15 is 0 Å². The second kappa shape index (κ2) is 4.48. The number of rotatable bonds is 2. The number of methoxy groups -OCH3 is 1. The Hall–Kier alpha value is -1.77. The number of Topliss-reactive ketones (excluding diaryl/α,β-unsaturated/α-hetero) is 1. The number of benzene rings is 1. The Kier molecular flexibility index (Phi) is 2.82. The predicted octanol–water partition coefficient (Wildman–Crippen LogP) is 2.33. The van der Waals surface area contributed by atoms with Crippen LogP contribution in [0.15, 0.2) is 30.0 Å². The topological polar surface area (TPSA) is 29.5 Å². The number of carbonyl (C=O) groups is 1. The van der Waals surface area contributed by atoms with Gasteiger partial charge in [0.2, 0.25) is 0 Å². The molecule has 3 fully saturated rings. The number of hydrogen-bond acceptors (Lipinski definition) is 3. The van der Waals surface area contributed by atoms with Crippen molar-refractivity contribution in [2.24, 2.45) is 5.92 Å². The Morgan fingerprint density at radius 2 is 2.00 bits per heavy atom. The normalized spacial score (nSPS) is 21.7. The molecule has 0 aliphatic carbocycles. The van der Waals surface area contributed by atoms with E-state index in [1.165, 1.54) is 0 Å². The fraction of sp³-hybridized carbons (Fsp3) is 0.400. The number of nitrogens with zero attached hydrogens (tertiary/aromatic N) is 1. The smallest absolute Gasteiger partial charge is 0.182 e. The van der Waals surface area contributed by atoms with Crippen LogP contribution in [0.1, 0.15) is 18.4 Å². The molecule has 2 bridgehead atoms. The van der Waals surface area contributed by atoms with Crippen molar-refractivity contribution in [1.82, 2.24) is 4.90 Å². The number of ether oxygens (including phenoxy) is 1. The maximum atomic E-state index is 12.2. The first-order valence-corrected chi connectivity index (χ1v) is 6.43. The molecule has 0 atom stereocenters. The Morgan fingerprint density at radius 1 is 1.28 bits per heavy atom. The van der Waals surface area contributed by atoms with Gasteiger partial charge in [-0.2, -0.15) is 0 Å². The van der Waals surface area contributed by atoms with Crippen LogP contribution >= 0.6 is 0 Å². The quantitative estimate of drug-likeness (QED) is 0.747. The van der Waals surface area contributed by atoms with Gasteiger partial charge in [0.05, 0.1) is 12.8 Å². The SMILES string of the molecule is COc1ccccc1/C=C1/C(=O)C2CCN1CC2. The van der Waals surface area contributed by atoms with Crippen LogP contribution in [-0.2, 0) is 4.79 Å². The number of allylic oxidation sites excluding steroid dienone is 1. The van der Waals surface area contributed by atoms with Gasteiger partial charge in [-0.3, -0.25) is 4.79 Å². The van der Waals surface area contributed by atoms with Crippen LogP contribution < -0.4 is 4.74 Å². The van der Waals surface area contributed by atoms with Gasteiger partial charge >= 0.3 is 0 Å². The summed E-state index contributed by atoms with van der Waals surface area (Å²) in [6.45, 7) is 2.02. The van der Waals surface area contributed by atoms with Crippen LogP contribution in [0.4, 0.5) is 0 Å². The van der Waals surface area contributed by atoms with Crippen molar-refractivity contribution in [3.63, 3.8) is 0 Å². The molecule has 0 radical (unpaired) electrons. The third-order valence-electron chi connectivity index (χ3n) is 3.89. The summed E-state index contributed by atoms with van der Waals surface area (Å²) in [7, 11) is 1.66. The molecule has 3 aliphatic rings. The van der Waals surface area contributed by atoms with E-state index in [0.29, 0.717) is 5.78 Å². The predicted molar refractivity (Wildman–Crippen MR) is 70.3 cm³/mol. The van der Waals surface area contributed by atoms with Crippen molar-refractivity contribution < 1.29 is 9.53 Å². The standard InChI is InChI=1S/C15H17NO2/c1-18-14-5-3-2-4-12(14)10-13-15(17)11-6-8-16(13)9-7-11/h2-5,10-11H,6-9H2,1H3/b13-10-. The van der Waals surface area contributed by atoms with Gasteiger partial charge in [-0.15, -0.1) is 0 Å². The van der Waals surface area contributed by atoms with E-state index in [0.717, 1.165) is 42.9 Å². The highest BCUT2D eigenvalue weighted by atomic mass is 16.5. The van der Waals surface area contributed by atoms with Gasteiger partial charge in [0, 0.05) is 24.6 Å². The molecule has 1 aromatic carbocycles. The number of hydrogen-bond donors (Lipinski definition) is 0. The molecule has 18 heavy (non-hydrogen) atoms. The maximum Gasteiger partial charge on any atom is 0.182 e. The van der Waals surface area contributed by atoms with Gasteiger partial charge in [-0.25, -0.2) is 0 Å². The summed E-state index contributed by atoms with van der Waals surface area (Å²) in [5.41, 5.74) is 1.85. The average Bonchev–Trinajstić information content (AvgIpc) is 2.44. The zero-order valence-electron chi connectivity index (χ0n) is 10.6. The molecule has 0 saturated carbocycles. The highest BCUT2D eigenvalue weighted by Gasteiger charge is 2.36. The highest BCUT2D eigenvalue weighted by molar-refractivity contribution is 6.02. The van der Waals surface area contributed by atoms with Crippen LogP contribution in [0.25, 0.3) is 6.08 Å². The van der Waals surface area contributed by atoms with Crippen LogP contribution in [-0.4, -0.2) is 30.9 Å². The molecule has 0 aromatic heterocycles. The van der Waals surface area contributed by atoms with Crippen molar-refractivity contribution >= 4 is 11.9 Å². The lowest BCUT2D eigenvalue weighted by Gasteiger charge is -2.41. The summed E-state index contributed by atoms with van der Waals surface area (Å²) in [6, 6.07) is 7.82. The lowest BCUT2D eigenvalue weighted by Crippen LogP contribution is -2.45. The molecule has 4 rings (SSSR count). The largest absolute Gasteiger partial charge is 0.496 e. The van der Waals surface area contributed by atoms with Crippen LogP contribution in [0, 0.1) is 5.92 Å². The number of ketones is 1. The summed E-state index contributed by atoms with van der Waals surface area (Å²) in [6.07, 6.45) is 4.01. The lowest BCUT2D eigenvalue weighted by atomic mass is 9.84. The first-order valence-electron chi connectivity index (χ1n) is 6.43. The number of para-hydroxylation sites is 1. The van der Waals surface area contributed by atoms with Gasteiger partial charge in [0.15, 0.2) is 5.78 Å². The molecule has 94 valence electrons. The minimum Gasteiger partial charge on any atom is -0.496 e. The van der Waals surface area contributed by atoms with Gasteiger partial charge in [0.1, 0.15) is 5.75 Å². The minimum atomic E-state index is 0.246. The van der Waals surface area contributed by atoms with Crippen molar-refractivity contribution in [3.8, 4) is 5.75 Å². The highest BCUT2D eigenvalue weighted by Crippen LogP contribution is 2.33. The van der Waals surface area contributed by atoms with Crippen LogP contribution in [0.5, 0.6) is 5.75 Å². The van der Waals surface area contributed by atoms with Gasteiger partial charge in [-0.05, 0) is 25.0 Å². The fourth-order valence-corrected chi connectivity index (χ4v) is 2.84. The van der Waals surface area contributed by atoms with Crippen molar-refractivity contribution in [2.75, 3.05) is 20.2 Å². The van der Waals surface area contributed by atoms with E-state index in [-0.39, 0.29) is 5.92 Å². The molecule has 1 aromatic rings. The van der Waals surface area contributed by atoms with Crippen LogP contribution in [0.3, 0.4) is 0 Å². The molecule has 3 nitrogen and oxygen atoms in total. The first-order chi connectivity index (χ1) is 8.79. The molecule has 3 saturated heterocycles. The molecule has 3 aliphatic heterocycles. The zero-order chi connectivity index (χ0) is 12.5. The van der Waals surface area contributed by atoms with Gasteiger partial charge in [0.25, 0.3) is 0 Å². The van der Waals surface area contributed by atoms with E-state index in [4.69, 9.17) is 4.74 Å². The van der Waals surface area contributed by atoms with Gasteiger partial charge in [-0.1, -0.05) is 18.2 Å². The Bertz CT molecular complexity index is 499. The van der Waals surface area contributed by atoms with E-state index in [1.807, 2.05) is 30.3 Å². The number of carbonyl (C=O) groups excluding carboxylic acids is 1. The Balaban J connectivity index is 1.98. The third kappa shape index (κ3) is 1.80. The average molecular weight is 243 g/mol. The van der Waals surface area contributed by atoms with Crippen molar-refractivity contribution in [2.45, 2.75) is 12.8 Å². The summed E-state index contributed by atoms with van der Waals surface area (Å²) in [4.78, 5) is 14.4. The molecule has 0 unspecified atom stereocenters. The summed E-state index contributed by atoms with van der Waals surface area (Å²) < 4.78 is 5.33. The fourth-order valence-electron chi connectivity index (χ4n) is 2.84. The molecule has 3 heterocycles. The first kappa shape index (κ1) is 11.3. The molecule has 3 heteroatoms. The second-order valence-corrected chi connectivity index (χ2v) is 4.90. The number of piperidine rings is 3. The lowest BCUT2D eigenvalue weighted by molar-refractivity contribution is -0.125. The summed E-state index contributed by atoms with van der Waals surface area (Å²) in [5, 5.41) is 0. The Labute approximate surface area is 107 Å². The Morgan fingerprint density at radius 3 is 2.67 bits per heavy atom. The summed E-state index contributed by atoms with van der Waals surface area (Å²) >= 11 is 0. The molecular weight excluding hydrogens is 226 g/mol. The maximum absolute atomic E-state index is 12.2. The summed E-state index contributed by atoms with van der Waals surface area (Å²) in [5.74, 6) is 1.37.